The van der Waals surface area contributed by atoms with E-state index in [1.165, 1.54) is 0 Å². The van der Waals surface area contributed by atoms with Gasteiger partial charge in [-0.15, -0.1) is 0 Å². The summed E-state index contributed by atoms with van der Waals surface area (Å²) in [6.45, 7) is 0. The number of methoxy groups -OCH3 is 3. The summed E-state index contributed by atoms with van der Waals surface area (Å²) >= 11 is 5.10. The highest BCUT2D eigenvalue weighted by Gasteiger charge is 2.16. The van der Waals surface area contributed by atoms with Crippen LogP contribution in [0, 0.1) is 4.77 Å². The Kier molecular flexibility index (Phi) is 3.75. The maximum absolute atomic E-state index is 5.31. The summed E-state index contributed by atoms with van der Waals surface area (Å²) < 4.78 is 18.2. The first-order chi connectivity index (χ1) is 9.12. The van der Waals surface area contributed by atoms with Crippen LogP contribution in [-0.2, 0) is 7.05 Å². The van der Waals surface area contributed by atoms with E-state index in [2.05, 4.69) is 10.2 Å². The van der Waals surface area contributed by atoms with Gasteiger partial charge >= 0.3 is 0 Å². The van der Waals surface area contributed by atoms with Crippen molar-refractivity contribution in [2.45, 2.75) is 0 Å². The zero-order valence-electron chi connectivity index (χ0n) is 11.2. The van der Waals surface area contributed by atoms with Crippen LogP contribution in [0.1, 0.15) is 0 Å². The van der Waals surface area contributed by atoms with Gasteiger partial charge in [-0.05, 0) is 24.4 Å². The van der Waals surface area contributed by atoms with Crippen LogP contribution in [-0.4, -0.2) is 36.1 Å². The molecule has 1 heterocycles. The molecule has 1 aromatic carbocycles. The van der Waals surface area contributed by atoms with Gasteiger partial charge in [0, 0.05) is 12.6 Å². The third kappa shape index (κ3) is 2.28. The number of nitrogens with one attached hydrogen (secondary N) is 1. The Labute approximate surface area is 115 Å². The van der Waals surface area contributed by atoms with E-state index in [1.54, 1.807) is 25.9 Å². The largest absolute Gasteiger partial charge is 0.493 e. The van der Waals surface area contributed by atoms with Crippen molar-refractivity contribution >= 4 is 12.2 Å². The molecule has 1 N–H and O–H groups in total. The fourth-order valence-corrected chi connectivity index (χ4v) is 1.95. The number of hydrogen-bond acceptors (Lipinski definition) is 5. The van der Waals surface area contributed by atoms with Gasteiger partial charge in [-0.25, -0.2) is 0 Å². The number of nitrogens with zero attached hydrogens (tertiary/aromatic N) is 2. The van der Waals surface area contributed by atoms with Gasteiger partial charge in [-0.2, -0.15) is 5.10 Å². The van der Waals surface area contributed by atoms with E-state index in [9.17, 15) is 0 Å². The SMILES string of the molecule is COc1cc(-c2n[nH]c(=S)n2C)cc(OC)c1OC. The highest BCUT2D eigenvalue weighted by molar-refractivity contribution is 7.71. The van der Waals surface area contributed by atoms with E-state index in [4.69, 9.17) is 26.4 Å². The van der Waals surface area contributed by atoms with Crippen LogP contribution in [0.15, 0.2) is 12.1 Å². The van der Waals surface area contributed by atoms with Gasteiger partial charge in [0.15, 0.2) is 22.1 Å². The Balaban J connectivity index is 2.65. The van der Waals surface area contributed by atoms with E-state index in [0.717, 1.165) is 5.56 Å². The second kappa shape index (κ2) is 5.31. The first-order valence-corrected chi connectivity index (χ1v) is 5.95. The molecule has 0 bridgehead atoms. The number of rotatable bonds is 4. The standard InChI is InChI=1S/C12H15N3O3S/c1-15-11(13-14-12(15)19)7-5-8(16-2)10(18-4)9(6-7)17-3/h5-6H,1-4H3,(H,14,19). The summed E-state index contributed by atoms with van der Waals surface area (Å²) in [5.74, 6) is 2.39. The first kappa shape index (κ1) is 13.4. The van der Waals surface area contributed by atoms with Crippen LogP contribution in [0.25, 0.3) is 11.4 Å². The van der Waals surface area contributed by atoms with Gasteiger partial charge in [0.2, 0.25) is 5.75 Å². The monoisotopic (exact) mass is 281 g/mol. The van der Waals surface area contributed by atoms with Gasteiger partial charge in [-0.1, -0.05) is 0 Å². The van der Waals surface area contributed by atoms with Crippen molar-refractivity contribution in [2.24, 2.45) is 7.05 Å². The molecule has 0 aliphatic heterocycles. The van der Waals surface area contributed by atoms with Crippen LogP contribution >= 0.6 is 12.2 Å². The average Bonchev–Trinajstić information content (AvgIpc) is 2.77. The molecule has 7 heteroatoms. The maximum Gasteiger partial charge on any atom is 0.203 e. The van der Waals surface area contributed by atoms with E-state index in [0.29, 0.717) is 27.8 Å². The zero-order chi connectivity index (χ0) is 14.0. The molecule has 6 nitrogen and oxygen atoms in total. The molecule has 19 heavy (non-hydrogen) atoms. The molecule has 0 saturated carbocycles. The van der Waals surface area contributed by atoms with Crippen molar-refractivity contribution in [3.63, 3.8) is 0 Å². The van der Waals surface area contributed by atoms with Crippen molar-refractivity contribution in [3.05, 3.63) is 16.9 Å². The lowest BCUT2D eigenvalue weighted by Crippen LogP contribution is -1.98. The average molecular weight is 281 g/mol. The molecule has 2 rings (SSSR count). The zero-order valence-corrected chi connectivity index (χ0v) is 12.0. The fraction of sp³-hybridized carbons (Fsp3) is 0.333. The summed E-state index contributed by atoms with van der Waals surface area (Å²) in [6, 6.07) is 3.65. The second-order valence-electron chi connectivity index (χ2n) is 3.83. The van der Waals surface area contributed by atoms with Gasteiger partial charge in [-0.3, -0.25) is 5.10 Å². The minimum atomic E-state index is 0.545. The molecule has 0 radical (unpaired) electrons. The highest BCUT2D eigenvalue weighted by atomic mass is 32.1. The summed E-state index contributed by atoms with van der Waals surface area (Å²) in [5.41, 5.74) is 0.823. The molecule has 0 fully saturated rings. The summed E-state index contributed by atoms with van der Waals surface area (Å²) in [4.78, 5) is 0. The lowest BCUT2D eigenvalue weighted by atomic mass is 10.1. The van der Waals surface area contributed by atoms with Gasteiger partial charge in [0.05, 0.1) is 21.3 Å². The predicted molar refractivity (Wildman–Crippen MR) is 73.5 cm³/mol. The Bertz CT molecular complexity index is 623. The van der Waals surface area contributed by atoms with Gasteiger partial charge in [0.1, 0.15) is 0 Å². The van der Waals surface area contributed by atoms with Crippen molar-refractivity contribution in [3.8, 4) is 28.6 Å². The molecular weight excluding hydrogens is 266 g/mol. The molecule has 0 aliphatic carbocycles. The van der Waals surface area contributed by atoms with Crippen LogP contribution in [0.4, 0.5) is 0 Å². The summed E-state index contributed by atoms with van der Waals surface area (Å²) in [6.07, 6.45) is 0. The van der Waals surface area contributed by atoms with Crippen molar-refractivity contribution < 1.29 is 14.2 Å². The molecular formula is C12H15N3O3S. The molecule has 2 aromatic rings. The Morgan fingerprint density at radius 1 is 1.11 bits per heavy atom. The molecule has 1 aromatic heterocycles. The second-order valence-corrected chi connectivity index (χ2v) is 4.21. The Morgan fingerprint density at radius 3 is 2.05 bits per heavy atom. The Morgan fingerprint density at radius 2 is 1.68 bits per heavy atom. The molecule has 0 spiro atoms. The molecule has 0 saturated heterocycles. The maximum atomic E-state index is 5.31. The third-order valence-electron chi connectivity index (χ3n) is 2.80. The Hall–Kier alpha value is -2.02. The summed E-state index contributed by atoms with van der Waals surface area (Å²) in [5, 5.41) is 6.93. The highest BCUT2D eigenvalue weighted by Crippen LogP contribution is 2.40. The van der Waals surface area contributed by atoms with Gasteiger partial charge in [0.25, 0.3) is 0 Å². The number of aromatic amines is 1. The number of H-pyrrole nitrogens is 1. The quantitative estimate of drug-likeness (QED) is 0.870. The van der Waals surface area contributed by atoms with E-state index >= 15 is 0 Å². The molecule has 0 amide bonds. The molecule has 0 atom stereocenters. The third-order valence-corrected chi connectivity index (χ3v) is 3.17. The first-order valence-electron chi connectivity index (χ1n) is 5.54. The predicted octanol–water partition coefficient (Wildman–Crippen LogP) is 2.17. The van der Waals surface area contributed by atoms with Crippen LogP contribution < -0.4 is 14.2 Å². The normalized spacial score (nSPS) is 10.3. The smallest absolute Gasteiger partial charge is 0.203 e. The van der Waals surface area contributed by atoms with E-state index < -0.39 is 0 Å². The van der Waals surface area contributed by atoms with E-state index in [1.807, 2.05) is 19.2 Å². The number of benzene rings is 1. The lowest BCUT2D eigenvalue weighted by Gasteiger charge is -2.13. The number of hydrogen-bond donors (Lipinski definition) is 1. The minimum Gasteiger partial charge on any atom is -0.493 e. The molecule has 102 valence electrons. The molecule has 0 aliphatic rings. The van der Waals surface area contributed by atoms with Crippen molar-refractivity contribution in [2.75, 3.05) is 21.3 Å². The lowest BCUT2D eigenvalue weighted by molar-refractivity contribution is 0.324. The molecule has 0 unspecified atom stereocenters. The van der Waals surface area contributed by atoms with Crippen molar-refractivity contribution in [1.82, 2.24) is 14.8 Å². The van der Waals surface area contributed by atoms with Crippen molar-refractivity contribution in [1.29, 1.82) is 0 Å². The number of ether oxygens (including phenoxy) is 3. The summed E-state index contributed by atoms with van der Waals surface area (Å²) in [7, 11) is 6.55. The minimum absolute atomic E-state index is 0.545. The van der Waals surface area contributed by atoms with Crippen LogP contribution in [0.3, 0.4) is 0 Å². The van der Waals surface area contributed by atoms with Crippen LogP contribution in [0.2, 0.25) is 0 Å². The number of aromatic nitrogens is 3. The topological polar surface area (TPSA) is 61.3 Å². The van der Waals surface area contributed by atoms with Crippen LogP contribution in [0.5, 0.6) is 17.2 Å². The fourth-order valence-electron chi connectivity index (χ4n) is 1.82. The van der Waals surface area contributed by atoms with E-state index in [-0.39, 0.29) is 0 Å². The van der Waals surface area contributed by atoms with Gasteiger partial charge < -0.3 is 18.8 Å².